The van der Waals surface area contributed by atoms with Gasteiger partial charge in [-0.15, -0.1) is 0 Å². The number of carbonyl (C=O) groups is 2. The third kappa shape index (κ3) is 4.15. The lowest BCUT2D eigenvalue weighted by Gasteiger charge is -2.09. The lowest BCUT2D eigenvalue weighted by molar-refractivity contribution is -0.146. The summed E-state index contributed by atoms with van der Waals surface area (Å²) in [5.74, 6) is -0.210. The van der Waals surface area contributed by atoms with E-state index < -0.39 is 11.9 Å². The summed E-state index contributed by atoms with van der Waals surface area (Å²) in [5.41, 5.74) is 3.61. The number of nitrogens with one attached hydrogen (secondary N) is 1. The van der Waals surface area contributed by atoms with Crippen molar-refractivity contribution in [2.45, 2.75) is 13.3 Å². The second kappa shape index (κ2) is 7.92. The fourth-order valence-corrected chi connectivity index (χ4v) is 2.98. The van der Waals surface area contributed by atoms with Gasteiger partial charge in [0.05, 0.1) is 30.9 Å². The van der Waals surface area contributed by atoms with Crippen molar-refractivity contribution in [3.8, 4) is 5.75 Å². The predicted molar refractivity (Wildman–Crippen MR) is 98.4 cm³/mol. The van der Waals surface area contributed by atoms with E-state index in [0.29, 0.717) is 22.5 Å². The fourth-order valence-electron chi connectivity index (χ4n) is 2.43. The van der Waals surface area contributed by atoms with Crippen molar-refractivity contribution in [2.75, 3.05) is 19.0 Å². The number of nitrogens with zero attached hydrogens (tertiary/aromatic N) is 2. The first-order valence-electron chi connectivity index (χ1n) is 7.87. The van der Waals surface area contributed by atoms with Crippen LogP contribution in [0.4, 0.5) is 5.69 Å². The number of amides is 1. The third-order valence-corrected chi connectivity index (χ3v) is 4.29. The summed E-state index contributed by atoms with van der Waals surface area (Å²) in [7, 11) is 1.58. The molecule has 0 saturated carbocycles. The molecule has 0 unspecified atom stereocenters. The van der Waals surface area contributed by atoms with Gasteiger partial charge in [0, 0.05) is 0 Å². The zero-order chi connectivity index (χ0) is 18.5. The molecule has 1 N–H and O–H groups in total. The van der Waals surface area contributed by atoms with Crippen LogP contribution in [0, 0.1) is 6.92 Å². The van der Waals surface area contributed by atoms with Gasteiger partial charge in [-0.3, -0.25) is 9.59 Å². The molecule has 0 saturated heterocycles. The van der Waals surface area contributed by atoms with Crippen LogP contribution in [0.25, 0.3) is 11.0 Å². The molecule has 1 heterocycles. The van der Waals surface area contributed by atoms with Gasteiger partial charge in [-0.05, 0) is 36.2 Å². The molecule has 26 heavy (non-hydrogen) atoms. The quantitative estimate of drug-likeness (QED) is 0.670. The molecular formula is C18H17N3O4S. The molecule has 3 rings (SSSR count). The molecule has 2 aromatic carbocycles. The summed E-state index contributed by atoms with van der Waals surface area (Å²) in [6, 6.07) is 10.8. The maximum Gasteiger partial charge on any atom is 0.310 e. The van der Waals surface area contributed by atoms with E-state index in [1.165, 1.54) is 0 Å². The first kappa shape index (κ1) is 17.8. The molecule has 3 aromatic rings. The van der Waals surface area contributed by atoms with E-state index in [9.17, 15) is 9.59 Å². The van der Waals surface area contributed by atoms with E-state index in [2.05, 4.69) is 14.1 Å². The minimum Gasteiger partial charge on any atom is -0.496 e. The Hall–Kier alpha value is -3.00. The zero-order valence-corrected chi connectivity index (χ0v) is 15.1. The van der Waals surface area contributed by atoms with E-state index >= 15 is 0 Å². The SMILES string of the molecule is COc1cc(CC(=O)OCC(=O)Nc2cccc3nsnc23)ccc1C. The molecule has 0 atom stereocenters. The summed E-state index contributed by atoms with van der Waals surface area (Å²) in [6.07, 6.45) is 0.0650. The van der Waals surface area contributed by atoms with Crippen LogP contribution in [0.15, 0.2) is 36.4 Å². The van der Waals surface area contributed by atoms with Crippen LogP contribution in [0.2, 0.25) is 0 Å². The minimum absolute atomic E-state index is 0.0650. The highest BCUT2D eigenvalue weighted by molar-refractivity contribution is 7.00. The van der Waals surface area contributed by atoms with Gasteiger partial charge in [-0.2, -0.15) is 8.75 Å². The second-order valence-electron chi connectivity index (χ2n) is 5.63. The summed E-state index contributed by atoms with van der Waals surface area (Å²) < 4.78 is 18.5. The van der Waals surface area contributed by atoms with Crippen molar-refractivity contribution in [3.63, 3.8) is 0 Å². The van der Waals surface area contributed by atoms with Gasteiger partial charge < -0.3 is 14.8 Å². The number of rotatable bonds is 6. The van der Waals surface area contributed by atoms with Crippen molar-refractivity contribution in [1.82, 2.24) is 8.75 Å². The normalized spacial score (nSPS) is 10.5. The van der Waals surface area contributed by atoms with Crippen LogP contribution in [-0.4, -0.2) is 34.3 Å². The Balaban J connectivity index is 1.54. The van der Waals surface area contributed by atoms with Crippen molar-refractivity contribution in [1.29, 1.82) is 0 Å². The lowest BCUT2D eigenvalue weighted by Crippen LogP contribution is -2.21. The van der Waals surface area contributed by atoms with E-state index in [1.54, 1.807) is 25.3 Å². The van der Waals surface area contributed by atoms with E-state index in [0.717, 1.165) is 22.9 Å². The first-order chi connectivity index (χ1) is 12.6. The summed E-state index contributed by atoms with van der Waals surface area (Å²) in [5, 5.41) is 2.68. The Morgan fingerprint density at radius 3 is 2.85 bits per heavy atom. The van der Waals surface area contributed by atoms with Crippen molar-refractivity contribution in [2.24, 2.45) is 0 Å². The average molecular weight is 371 g/mol. The highest BCUT2D eigenvalue weighted by atomic mass is 32.1. The molecule has 1 amide bonds. The van der Waals surface area contributed by atoms with Crippen LogP contribution in [0.5, 0.6) is 5.75 Å². The predicted octanol–water partition coefficient (Wildman–Crippen LogP) is 2.73. The number of aryl methyl sites for hydroxylation is 1. The van der Waals surface area contributed by atoms with Gasteiger partial charge in [0.25, 0.3) is 5.91 Å². The number of hydrogen-bond donors (Lipinski definition) is 1. The smallest absolute Gasteiger partial charge is 0.310 e. The number of benzene rings is 2. The van der Waals surface area contributed by atoms with Crippen LogP contribution < -0.4 is 10.1 Å². The molecule has 0 spiro atoms. The van der Waals surface area contributed by atoms with Crippen LogP contribution in [0.1, 0.15) is 11.1 Å². The number of fused-ring (bicyclic) bond motifs is 1. The number of anilines is 1. The van der Waals surface area contributed by atoms with Crippen molar-refractivity contribution in [3.05, 3.63) is 47.5 Å². The number of aromatic nitrogens is 2. The monoisotopic (exact) mass is 371 g/mol. The Bertz CT molecular complexity index is 955. The number of hydrogen-bond acceptors (Lipinski definition) is 7. The summed E-state index contributed by atoms with van der Waals surface area (Å²) in [6.45, 7) is 1.56. The molecule has 0 fully saturated rings. The molecule has 0 aliphatic rings. The number of esters is 1. The Morgan fingerprint density at radius 2 is 2.04 bits per heavy atom. The third-order valence-electron chi connectivity index (χ3n) is 3.75. The molecule has 1 aromatic heterocycles. The van der Waals surface area contributed by atoms with Gasteiger partial charge in [-0.25, -0.2) is 0 Å². The number of ether oxygens (including phenoxy) is 2. The minimum atomic E-state index is -0.486. The largest absolute Gasteiger partial charge is 0.496 e. The standard InChI is InChI=1S/C18H17N3O4S/c1-11-6-7-12(8-15(11)24-2)9-17(23)25-10-16(22)19-13-4-3-5-14-18(13)21-26-20-14/h3-8H,9-10H2,1-2H3,(H,19,22). The van der Waals surface area contributed by atoms with Gasteiger partial charge in [0.1, 0.15) is 16.8 Å². The van der Waals surface area contributed by atoms with E-state index in [1.807, 2.05) is 25.1 Å². The maximum atomic E-state index is 12.0. The van der Waals surface area contributed by atoms with E-state index in [-0.39, 0.29) is 13.0 Å². The van der Waals surface area contributed by atoms with Crippen LogP contribution >= 0.6 is 11.7 Å². The average Bonchev–Trinajstić information content (AvgIpc) is 3.11. The van der Waals surface area contributed by atoms with Gasteiger partial charge in [0.2, 0.25) is 0 Å². The van der Waals surface area contributed by atoms with Crippen molar-refractivity contribution < 1.29 is 19.1 Å². The number of carbonyl (C=O) groups excluding carboxylic acids is 2. The highest BCUT2D eigenvalue weighted by Crippen LogP contribution is 2.21. The Labute approximate surface area is 154 Å². The summed E-state index contributed by atoms with van der Waals surface area (Å²) >= 11 is 1.07. The van der Waals surface area contributed by atoms with Crippen molar-refractivity contribution >= 4 is 40.3 Å². The van der Waals surface area contributed by atoms with Crippen LogP contribution in [-0.2, 0) is 20.7 Å². The molecule has 0 radical (unpaired) electrons. The first-order valence-corrected chi connectivity index (χ1v) is 8.60. The Kier molecular flexibility index (Phi) is 5.43. The molecule has 0 aliphatic carbocycles. The van der Waals surface area contributed by atoms with E-state index in [4.69, 9.17) is 9.47 Å². The van der Waals surface area contributed by atoms with Gasteiger partial charge >= 0.3 is 5.97 Å². The lowest BCUT2D eigenvalue weighted by atomic mass is 10.1. The topological polar surface area (TPSA) is 90.4 Å². The molecule has 0 bridgehead atoms. The zero-order valence-electron chi connectivity index (χ0n) is 14.3. The molecule has 7 nitrogen and oxygen atoms in total. The molecule has 8 heteroatoms. The van der Waals surface area contributed by atoms with Gasteiger partial charge in [-0.1, -0.05) is 18.2 Å². The maximum absolute atomic E-state index is 12.0. The van der Waals surface area contributed by atoms with Crippen LogP contribution in [0.3, 0.4) is 0 Å². The molecule has 0 aliphatic heterocycles. The van der Waals surface area contributed by atoms with Gasteiger partial charge in [0.15, 0.2) is 6.61 Å². The highest BCUT2D eigenvalue weighted by Gasteiger charge is 2.12. The summed E-state index contributed by atoms with van der Waals surface area (Å²) in [4.78, 5) is 24.0. The fraction of sp³-hybridized carbons (Fsp3) is 0.222. The number of methoxy groups -OCH3 is 1. The Morgan fingerprint density at radius 1 is 1.19 bits per heavy atom. The molecular weight excluding hydrogens is 354 g/mol. The second-order valence-corrected chi connectivity index (χ2v) is 6.16. The molecule has 134 valence electrons.